The van der Waals surface area contributed by atoms with E-state index in [2.05, 4.69) is 42.8 Å². The molecule has 4 amide bonds. The number of carbonyl (C=O) groups is 3. The van der Waals surface area contributed by atoms with Crippen LogP contribution in [0.1, 0.15) is 31.4 Å². The van der Waals surface area contributed by atoms with E-state index in [1.54, 1.807) is 23.4 Å². The van der Waals surface area contributed by atoms with Crippen LogP contribution in [0, 0.1) is 12.8 Å². The van der Waals surface area contributed by atoms with Crippen molar-refractivity contribution in [2.75, 3.05) is 11.4 Å². The molecular formula is C27H30N8O4S. The summed E-state index contributed by atoms with van der Waals surface area (Å²) >= 11 is 1.45. The lowest BCUT2D eigenvalue weighted by Crippen LogP contribution is -2.62. The maximum absolute atomic E-state index is 13.6. The first kappa shape index (κ1) is 26.3. The molecule has 0 spiro atoms. The van der Waals surface area contributed by atoms with Crippen molar-refractivity contribution in [1.82, 2.24) is 36.2 Å². The molecular weight excluding hydrogens is 532 g/mol. The number of anilines is 1. The van der Waals surface area contributed by atoms with Gasteiger partial charge in [0.1, 0.15) is 6.33 Å². The highest BCUT2D eigenvalue weighted by Gasteiger charge is 2.52. The van der Waals surface area contributed by atoms with E-state index >= 15 is 0 Å². The highest BCUT2D eigenvalue weighted by molar-refractivity contribution is 8.04. The molecule has 40 heavy (non-hydrogen) atoms. The van der Waals surface area contributed by atoms with Crippen LogP contribution in [0.4, 0.5) is 10.5 Å². The molecule has 3 aliphatic heterocycles. The zero-order chi connectivity index (χ0) is 27.8. The van der Waals surface area contributed by atoms with Crippen LogP contribution in [0.25, 0.3) is 0 Å². The van der Waals surface area contributed by atoms with Crippen molar-refractivity contribution >= 4 is 35.3 Å². The van der Waals surface area contributed by atoms with Gasteiger partial charge in [-0.1, -0.05) is 18.3 Å². The van der Waals surface area contributed by atoms with E-state index in [4.69, 9.17) is 4.74 Å². The summed E-state index contributed by atoms with van der Waals surface area (Å²) in [5.74, 6) is 0.280. The number of hydrogen-bond donors (Lipinski definition) is 4. The average Bonchev–Trinajstić information content (AvgIpc) is 3.55. The van der Waals surface area contributed by atoms with Crippen LogP contribution in [-0.2, 0) is 9.59 Å². The Bertz CT molecular complexity index is 1390. The first-order valence-corrected chi connectivity index (χ1v) is 14.2. The zero-order valence-electron chi connectivity index (χ0n) is 21.9. The fourth-order valence-electron chi connectivity index (χ4n) is 5.98. The van der Waals surface area contributed by atoms with Gasteiger partial charge in [0, 0.05) is 29.8 Å². The van der Waals surface area contributed by atoms with Gasteiger partial charge in [0.25, 0.3) is 5.91 Å². The van der Waals surface area contributed by atoms with Crippen molar-refractivity contribution in [2.24, 2.45) is 5.92 Å². The Balaban J connectivity index is 1.22. The summed E-state index contributed by atoms with van der Waals surface area (Å²) in [6, 6.07) is 2.79. The van der Waals surface area contributed by atoms with Crippen LogP contribution in [0.5, 0.6) is 11.6 Å². The molecule has 0 aromatic carbocycles. The van der Waals surface area contributed by atoms with Crippen LogP contribution in [0.15, 0.2) is 54.1 Å². The fourth-order valence-corrected chi connectivity index (χ4v) is 7.38. The van der Waals surface area contributed by atoms with E-state index in [0.717, 1.165) is 25.7 Å². The van der Waals surface area contributed by atoms with Crippen LogP contribution >= 0.6 is 11.8 Å². The molecule has 2 saturated heterocycles. The van der Waals surface area contributed by atoms with Crippen LogP contribution in [0.3, 0.4) is 0 Å². The van der Waals surface area contributed by atoms with Crippen LogP contribution < -0.4 is 30.9 Å². The molecule has 0 radical (unpaired) electrons. The van der Waals surface area contributed by atoms with E-state index in [9.17, 15) is 14.4 Å². The number of nitrogens with one attached hydrogen (secondary N) is 4. The van der Waals surface area contributed by atoms with Crippen LogP contribution in [0.2, 0.25) is 0 Å². The lowest BCUT2D eigenvalue weighted by atomic mass is 9.86. The summed E-state index contributed by atoms with van der Waals surface area (Å²) in [5.41, 5.74) is 1.99. The summed E-state index contributed by atoms with van der Waals surface area (Å²) in [6.45, 7) is 6.07. The molecule has 0 bridgehead atoms. The summed E-state index contributed by atoms with van der Waals surface area (Å²) in [7, 11) is 0. The molecule has 6 rings (SSSR count). The number of ether oxygens (including phenoxy) is 1. The summed E-state index contributed by atoms with van der Waals surface area (Å²) < 4.78 is 5.76. The number of nitrogens with zero attached hydrogens (tertiary/aromatic N) is 4. The lowest BCUT2D eigenvalue weighted by Gasteiger charge is -2.46. The second kappa shape index (κ2) is 10.9. The first-order valence-electron chi connectivity index (χ1n) is 13.3. The van der Waals surface area contributed by atoms with E-state index in [0.29, 0.717) is 40.2 Å². The molecule has 4 N–H and O–H groups in total. The molecule has 3 fully saturated rings. The minimum Gasteiger partial charge on any atom is -0.436 e. The largest absolute Gasteiger partial charge is 0.436 e. The minimum atomic E-state index is -0.295. The normalized spacial score (nSPS) is 27.1. The number of hydrogen-bond acceptors (Lipinski definition) is 9. The standard InChI is InChI=1S/C27H30N8O4S/c1-3-20(36)32-16-5-4-6-17(16)33-25(37)24-23-22-19(9-10-30-26(22)40-24)35(27(38)34-23)18-7-8-21(31-14(18)2)39-15-11-28-13-29-12-15/h3,7-8,11-13,16-17,19,22,26,30H,1,4-6,9-10H2,2H3,(H,32,36)(H,33,37)(H,34,38)/t16-,17+,19?,22?,26?/m0/s1. The molecule has 5 atom stereocenters. The van der Waals surface area contributed by atoms with Crippen molar-refractivity contribution in [2.45, 2.75) is 56.1 Å². The Morgan fingerprint density at radius 3 is 2.70 bits per heavy atom. The Hall–Kier alpha value is -3.97. The molecule has 208 valence electrons. The van der Waals surface area contributed by atoms with Gasteiger partial charge in [-0.15, -0.1) is 0 Å². The molecule has 5 heterocycles. The Labute approximate surface area is 235 Å². The summed E-state index contributed by atoms with van der Waals surface area (Å²) in [4.78, 5) is 53.7. The molecule has 2 aromatic rings. The number of thioether (sulfide) groups is 1. The molecule has 13 heteroatoms. The van der Waals surface area contributed by atoms with Gasteiger partial charge in [0.05, 0.1) is 40.1 Å². The number of urea groups is 1. The van der Waals surface area contributed by atoms with Crippen LogP contribution in [-0.4, -0.2) is 62.8 Å². The number of rotatable bonds is 7. The third-order valence-electron chi connectivity index (χ3n) is 7.74. The smallest absolute Gasteiger partial charge is 0.326 e. The third-order valence-corrected chi connectivity index (χ3v) is 9.10. The Morgan fingerprint density at radius 1 is 1.18 bits per heavy atom. The zero-order valence-corrected chi connectivity index (χ0v) is 22.7. The number of aromatic nitrogens is 3. The predicted molar refractivity (Wildman–Crippen MR) is 148 cm³/mol. The van der Waals surface area contributed by atoms with E-state index in [1.807, 2.05) is 13.0 Å². The van der Waals surface area contributed by atoms with Crippen molar-refractivity contribution < 1.29 is 19.1 Å². The Kier molecular flexibility index (Phi) is 7.15. The van der Waals surface area contributed by atoms with Crippen molar-refractivity contribution in [1.29, 1.82) is 0 Å². The van der Waals surface area contributed by atoms with Gasteiger partial charge in [-0.3, -0.25) is 14.5 Å². The summed E-state index contributed by atoms with van der Waals surface area (Å²) in [6.07, 6.45) is 8.96. The fraction of sp³-hybridized carbons (Fsp3) is 0.407. The number of carbonyl (C=O) groups excluding carboxylic acids is 3. The topological polar surface area (TPSA) is 150 Å². The molecule has 3 unspecified atom stereocenters. The second-order valence-electron chi connectivity index (χ2n) is 10.2. The third kappa shape index (κ3) is 4.90. The molecule has 4 aliphatic rings. The van der Waals surface area contributed by atoms with Gasteiger partial charge in [-0.25, -0.2) is 19.7 Å². The SMILES string of the molecule is C=CC(=O)N[C@H]1CCC[C@H]1NC(=O)C1=C2NC(=O)N(c3ccc(Oc4cncnc4)nc3C)C3CCNC(S1)C23. The van der Waals surface area contributed by atoms with Gasteiger partial charge in [0.15, 0.2) is 5.75 Å². The minimum absolute atomic E-state index is 0.0496. The quantitative estimate of drug-likeness (QED) is 0.372. The molecule has 2 aromatic heterocycles. The highest BCUT2D eigenvalue weighted by Crippen LogP contribution is 2.48. The Morgan fingerprint density at radius 2 is 1.95 bits per heavy atom. The van der Waals surface area contributed by atoms with Gasteiger partial charge >= 0.3 is 6.03 Å². The van der Waals surface area contributed by atoms with Gasteiger partial charge in [-0.05, 0) is 51.3 Å². The first-order chi connectivity index (χ1) is 19.4. The number of amides is 4. The van der Waals surface area contributed by atoms with Gasteiger partial charge < -0.3 is 26.0 Å². The number of pyridine rings is 1. The highest BCUT2D eigenvalue weighted by atomic mass is 32.2. The van der Waals surface area contributed by atoms with Crippen molar-refractivity contribution in [3.8, 4) is 11.6 Å². The predicted octanol–water partition coefficient (Wildman–Crippen LogP) is 2.10. The lowest BCUT2D eigenvalue weighted by molar-refractivity contribution is -0.119. The van der Waals surface area contributed by atoms with Gasteiger partial charge in [-0.2, -0.15) is 0 Å². The number of aryl methyl sites for hydroxylation is 1. The molecule has 1 saturated carbocycles. The monoisotopic (exact) mass is 562 g/mol. The number of piperidine rings is 1. The van der Waals surface area contributed by atoms with Gasteiger partial charge in [0.2, 0.25) is 11.8 Å². The maximum Gasteiger partial charge on any atom is 0.326 e. The average molecular weight is 563 g/mol. The van der Waals surface area contributed by atoms with E-state index in [1.165, 1.54) is 24.2 Å². The second-order valence-corrected chi connectivity index (χ2v) is 11.3. The van der Waals surface area contributed by atoms with E-state index in [-0.39, 0.29) is 47.3 Å². The van der Waals surface area contributed by atoms with Crippen molar-refractivity contribution in [3.05, 3.63) is 59.8 Å². The van der Waals surface area contributed by atoms with E-state index < -0.39 is 0 Å². The molecule has 12 nitrogen and oxygen atoms in total. The summed E-state index contributed by atoms with van der Waals surface area (Å²) in [5, 5.41) is 12.5. The molecule has 1 aliphatic carbocycles. The maximum atomic E-state index is 13.6. The van der Waals surface area contributed by atoms with Crippen molar-refractivity contribution in [3.63, 3.8) is 0 Å².